The van der Waals surface area contributed by atoms with Crippen molar-refractivity contribution in [3.8, 4) is 11.1 Å². The van der Waals surface area contributed by atoms with E-state index in [1.807, 2.05) is 12.1 Å². The molecule has 0 aliphatic heterocycles. The number of anilines is 1. The topological polar surface area (TPSA) is 46.2 Å². The van der Waals surface area contributed by atoms with Crippen molar-refractivity contribution in [2.24, 2.45) is 0 Å². The lowest BCUT2D eigenvalue weighted by molar-refractivity contribution is 0.282. The van der Waals surface area contributed by atoms with Gasteiger partial charge in [0, 0.05) is 5.69 Å². The molecule has 0 saturated heterocycles. The molecule has 0 aromatic heterocycles. The normalized spacial score (nSPS) is 13.0. The molecule has 0 amide bonds. The molecule has 0 radical (unpaired) electrons. The number of aliphatic hydroxyl groups is 1. The van der Waals surface area contributed by atoms with E-state index in [1.165, 1.54) is 27.8 Å². The van der Waals surface area contributed by atoms with Crippen molar-refractivity contribution in [3.05, 3.63) is 52.6 Å². The lowest BCUT2D eigenvalue weighted by Gasteiger charge is -2.26. The van der Waals surface area contributed by atoms with Crippen molar-refractivity contribution < 1.29 is 5.11 Å². The van der Waals surface area contributed by atoms with E-state index < -0.39 is 0 Å². The third-order valence-corrected chi connectivity index (χ3v) is 3.80. The Morgan fingerprint density at radius 3 is 2.61 bits per heavy atom. The van der Waals surface area contributed by atoms with Crippen LogP contribution in [0, 0.1) is 6.92 Å². The molecule has 2 nitrogen and oxygen atoms in total. The second-order valence-electron chi connectivity index (χ2n) is 4.97. The number of rotatable bonds is 2. The van der Waals surface area contributed by atoms with Gasteiger partial charge in [0.2, 0.25) is 0 Å². The molecule has 3 rings (SSSR count). The smallest absolute Gasteiger partial charge is 0.0682 e. The van der Waals surface area contributed by atoms with E-state index in [0.717, 1.165) is 24.1 Å². The van der Waals surface area contributed by atoms with Crippen molar-refractivity contribution in [3.63, 3.8) is 0 Å². The van der Waals surface area contributed by atoms with E-state index in [2.05, 4.69) is 25.1 Å². The zero-order chi connectivity index (χ0) is 12.7. The van der Waals surface area contributed by atoms with E-state index >= 15 is 0 Å². The van der Waals surface area contributed by atoms with Gasteiger partial charge in [0.25, 0.3) is 0 Å². The highest BCUT2D eigenvalue weighted by molar-refractivity contribution is 5.78. The zero-order valence-corrected chi connectivity index (χ0v) is 10.5. The van der Waals surface area contributed by atoms with Crippen LogP contribution in [0.5, 0.6) is 0 Å². The first-order valence-electron chi connectivity index (χ1n) is 6.31. The molecule has 0 atom stereocenters. The van der Waals surface area contributed by atoms with Crippen LogP contribution in [-0.4, -0.2) is 5.11 Å². The molecule has 0 unspecified atom stereocenters. The second-order valence-corrected chi connectivity index (χ2v) is 4.97. The van der Waals surface area contributed by atoms with Crippen LogP contribution in [0.25, 0.3) is 11.1 Å². The summed E-state index contributed by atoms with van der Waals surface area (Å²) in [5, 5.41) is 9.24. The predicted octanol–water partition coefficient (Wildman–Crippen LogP) is 2.84. The molecule has 0 spiro atoms. The summed E-state index contributed by atoms with van der Waals surface area (Å²) in [6.45, 7) is 2.19. The molecule has 3 N–H and O–H groups in total. The van der Waals surface area contributed by atoms with Crippen LogP contribution in [-0.2, 0) is 19.4 Å². The SMILES string of the molecule is Cc1cc(N)c2c(c1-c1cccc(CO)c1)CC2. The van der Waals surface area contributed by atoms with Gasteiger partial charge in [-0.25, -0.2) is 0 Å². The molecule has 2 heteroatoms. The van der Waals surface area contributed by atoms with Crippen molar-refractivity contribution >= 4 is 5.69 Å². The standard InChI is InChI=1S/C16H17NO/c1-10-7-15(17)13-5-6-14(13)16(10)12-4-2-3-11(8-12)9-18/h2-4,7-8,18H,5-6,9,17H2,1H3. The van der Waals surface area contributed by atoms with Crippen molar-refractivity contribution in [1.29, 1.82) is 0 Å². The van der Waals surface area contributed by atoms with E-state index in [9.17, 15) is 5.11 Å². The Hall–Kier alpha value is -1.80. The summed E-state index contributed by atoms with van der Waals surface area (Å²) in [6, 6.07) is 10.2. The number of aliphatic hydroxyl groups excluding tert-OH is 1. The average molecular weight is 239 g/mol. The number of hydrogen-bond donors (Lipinski definition) is 2. The molecular formula is C16H17NO. The Morgan fingerprint density at radius 1 is 1.17 bits per heavy atom. The Balaban J connectivity index is 2.20. The fraction of sp³-hybridized carbons (Fsp3) is 0.250. The van der Waals surface area contributed by atoms with Gasteiger partial charge in [-0.3, -0.25) is 0 Å². The van der Waals surface area contributed by atoms with Crippen LogP contribution in [0.4, 0.5) is 5.69 Å². The maximum absolute atomic E-state index is 9.24. The minimum Gasteiger partial charge on any atom is -0.398 e. The van der Waals surface area contributed by atoms with Gasteiger partial charge in [0.05, 0.1) is 6.61 Å². The van der Waals surface area contributed by atoms with Gasteiger partial charge in [-0.15, -0.1) is 0 Å². The molecule has 0 bridgehead atoms. The first-order valence-corrected chi connectivity index (χ1v) is 6.31. The first-order chi connectivity index (χ1) is 8.70. The first kappa shape index (κ1) is 11.3. The van der Waals surface area contributed by atoms with E-state index in [-0.39, 0.29) is 6.61 Å². The summed E-state index contributed by atoms with van der Waals surface area (Å²) < 4.78 is 0. The summed E-state index contributed by atoms with van der Waals surface area (Å²) in [5.41, 5.74) is 14.3. The van der Waals surface area contributed by atoms with E-state index in [4.69, 9.17) is 5.73 Å². The molecule has 18 heavy (non-hydrogen) atoms. The average Bonchev–Trinajstić information content (AvgIpc) is 2.32. The number of benzene rings is 2. The molecule has 1 aliphatic rings. The highest BCUT2D eigenvalue weighted by Crippen LogP contribution is 2.39. The van der Waals surface area contributed by atoms with Crippen LogP contribution >= 0.6 is 0 Å². The van der Waals surface area contributed by atoms with Crippen molar-refractivity contribution in [1.82, 2.24) is 0 Å². The quantitative estimate of drug-likeness (QED) is 0.792. The van der Waals surface area contributed by atoms with Gasteiger partial charge in [0.15, 0.2) is 0 Å². The summed E-state index contributed by atoms with van der Waals surface area (Å²) in [5.74, 6) is 0. The number of nitrogens with two attached hydrogens (primary N) is 1. The van der Waals surface area contributed by atoms with Gasteiger partial charge in [-0.2, -0.15) is 0 Å². The summed E-state index contributed by atoms with van der Waals surface area (Å²) >= 11 is 0. The summed E-state index contributed by atoms with van der Waals surface area (Å²) in [4.78, 5) is 0. The zero-order valence-electron chi connectivity index (χ0n) is 10.5. The lowest BCUT2D eigenvalue weighted by atomic mass is 9.79. The van der Waals surface area contributed by atoms with E-state index in [1.54, 1.807) is 0 Å². The van der Waals surface area contributed by atoms with Gasteiger partial charge in [0.1, 0.15) is 0 Å². The molecule has 2 aromatic carbocycles. The fourth-order valence-electron chi connectivity index (χ4n) is 2.83. The Bertz CT molecular complexity index is 617. The number of aryl methyl sites for hydroxylation is 1. The van der Waals surface area contributed by atoms with Gasteiger partial charge >= 0.3 is 0 Å². The third kappa shape index (κ3) is 1.61. The largest absolute Gasteiger partial charge is 0.398 e. The maximum atomic E-state index is 9.24. The van der Waals surface area contributed by atoms with Crippen LogP contribution in [0.15, 0.2) is 30.3 Å². The van der Waals surface area contributed by atoms with Crippen LogP contribution in [0.3, 0.4) is 0 Å². The maximum Gasteiger partial charge on any atom is 0.0682 e. The molecule has 0 saturated carbocycles. The second kappa shape index (κ2) is 4.14. The minimum absolute atomic E-state index is 0.0874. The van der Waals surface area contributed by atoms with Crippen molar-refractivity contribution in [2.75, 3.05) is 5.73 Å². The van der Waals surface area contributed by atoms with Gasteiger partial charge < -0.3 is 10.8 Å². The number of nitrogen functional groups attached to an aromatic ring is 1. The summed E-state index contributed by atoms with van der Waals surface area (Å²) in [7, 11) is 0. The minimum atomic E-state index is 0.0874. The number of hydrogen-bond acceptors (Lipinski definition) is 2. The highest BCUT2D eigenvalue weighted by Gasteiger charge is 2.22. The lowest BCUT2D eigenvalue weighted by Crippen LogP contribution is -2.14. The molecule has 0 heterocycles. The fourth-order valence-corrected chi connectivity index (χ4v) is 2.83. The molecule has 92 valence electrons. The van der Waals surface area contributed by atoms with Crippen molar-refractivity contribution in [2.45, 2.75) is 26.4 Å². The summed E-state index contributed by atoms with van der Waals surface area (Å²) in [6.07, 6.45) is 2.20. The van der Waals surface area contributed by atoms with Gasteiger partial charge in [-0.1, -0.05) is 18.2 Å². The molecular weight excluding hydrogens is 222 g/mol. The van der Waals surface area contributed by atoms with Crippen LogP contribution < -0.4 is 5.73 Å². The Labute approximate surface area is 107 Å². The number of fused-ring (bicyclic) bond motifs is 1. The van der Waals surface area contributed by atoms with Crippen LogP contribution in [0.2, 0.25) is 0 Å². The monoisotopic (exact) mass is 239 g/mol. The Kier molecular flexibility index (Phi) is 2.60. The Morgan fingerprint density at radius 2 is 1.94 bits per heavy atom. The predicted molar refractivity (Wildman–Crippen MR) is 74.4 cm³/mol. The molecule has 0 fully saturated rings. The van der Waals surface area contributed by atoms with E-state index in [0.29, 0.717) is 0 Å². The highest BCUT2D eigenvalue weighted by atomic mass is 16.3. The molecule has 1 aliphatic carbocycles. The van der Waals surface area contributed by atoms with Gasteiger partial charge in [-0.05, 0) is 65.3 Å². The van der Waals surface area contributed by atoms with Crippen LogP contribution in [0.1, 0.15) is 22.3 Å². The molecule has 2 aromatic rings. The third-order valence-electron chi connectivity index (χ3n) is 3.80.